The number of hydrogen-bond donors (Lipinski definition) is 0. The summed E-state index contributed by atoms with van der Waals surface area (Å²) in [4.78, 5) is 64.2. The third kappa shape index (κ3) is 5.18. The summed E-state index contributed by atoms with van der Waals surface area (Å²) in [6.07, 6.45) is 0.692. The highest BCUT2D eigenvalue weighted by molar-refractivity contribution is 6.34. The second-order valence-corrected chi connectivity index (χ2v) is 8.71. The van der Waals surface area contributed by atoms with E-state index in [2.05, 4.69) is 0 Å². The number of anilines is 1. The van der Waals surface area contributed by atoms with Gasteiger partial charge < -0.3 is 9.47 Å². The van der Waals surface area contributed by atoms with E-state index in [1.807, 2.05) is 26.0 Å². The Kier molecular flexibility index (Phi) is 7.29. The normalized spacial score (nSPS) is 12.4. The highest BCUT2D eigenvalue weighted by Crippen LogP contribution is 2.29. The van der Waals surface area contributed by atoms with Gasteiger partial charge in [0.25, 0.3) is 11.8 Å². The largest absolute Gasteiger partial charge is 0.462 e. The van der Waals surface area contributed by atoms with Crippen molar-refractivity contribution in [3.63, 3.8) is 0 Å². The lowest BCUT2D eigenvalue weighted by molar-refractivity contribution is 0.0473. The summed E-state index contributed by atoms with van der Waals surface area (Å²) in [6, 6.07) is 15.4. The predicted molar refractivity (Wildman–Crippen MR) is 135 cm³/mol. The van der Waals surface area contributed by atoms with Gasteiger partial charge in [0.1, 0.15) is 0 Å². The molecule has 0 saturated heterocycles. The number of benzene rings is 3. The van der Waals surface area contributed by atoms with Gasteiger partial charge >= 0.3 is 11.9 Å². The van der Waals surface area contributed by atoms with Crippen molar-refractivity contribution in [3.05, 3.63) is 99.6 Å². The summed E-state index contributed by atoms with van der Waals surface area (Å²) in [7, 11) is 0. The zero-order chi connectivity index (χ0) is 26.7. The van der Waals surface area contributed by atoms with Crippen molar-refractivity contribution in [1.29, 1.82) is 0 Å². The van der Waals surface area contributed by atoms with E-state index in [0.717, 1.165) is 16.0 Å². The Morgan fingerprint density at radius 1 is 0.757 bits per heavy atom. The Balaban J connectivity index is 1.47. The molecular formula is C29H25NO7. The number of carbonyl (C=O) groups excluding carboxylic acids is 5. The van der Waals surface area contributed by atoms with Crippen molar-refractivity contribution in [2.75, 3.05) is 18.1 Å². The smallest absolute Gasteiger partial charge is 0.338 e. The van der Waals surface area contributed by atoms with Crippen LogP contribution in [0.25, 0.3) is 0 Å². The topological polar surface area (TPSA) is 107 Å². The molecular weight excluding hydrogens is 474 g/mol. The molecule has 1 aliphatic heterocycles. The minimum absolute atomic E-state index is 0.0459. The Bertz CT molecular complexity index is 1420. The number of aryl methyl sites for hydroxylation is 2. The van der Waals surface area contributed by atoms with Gasteiger partial charge in [0.05, 0.1) is 34.5 Å². The minimum atomic E-state index is -0.782. The average Bonchev–Trinajstić information content (AvgIpc) is 3.16. The fourth-order valence-corrected chi connectivity index (χ4v) is 3.96. The molecule has 0 N–H and O–H groups in total. The molecule has 8 nitrogen and oxygen atoms in total. The zero-order valence-electron chi connectivity index (χ0n) is 20.7. The number of carbonyl (C=O) groups is 5. The third-order valence-corrected chi connectivity index (χ3v) is 5.95. The van der Waals surface area contributed by atoms with Crippen molar-refractivity contribution in [2.45, 2.75) is 27.2 Å². The van der Waals surface area contributed by atoms with Crippen molar-refractivity contribution in [2.24, 2.45) is 0 Å². The number of hydrogen-bond acceptors (Lipinski definition) is 7. The fraction of sp³-hybridized carbons (Fsp3) is 0.207. The van der Waals surface area contributed by atoms with Crippen LogP contribution in [0.2, 0.25) is 0 Å². The van der Waals surface area contributed by atoms with Crippen LogP contribution in [0.5, 0.6) is 0 Å². The molecule has 1 aliphatic rings. The molecule has 2 amide bonds. The molecule has 0 unspecified atom stereocenters. The molecule has 0 radical (unpaired) electrons. The number of imide groups is 1. The number of esters is 2. The fourth-order valence-electron chi connectivity index (χ4n) is 3.96. The predicted octanol–water partition coefficient (Wildman–Crippen LogP) is 4.71. The van der Waals surface area contributed by atoms with Crippen LogP contribution in [-0.2, 0) is 9.47 Å². The van der Waals surface area contributed by atoms with E-state index in [1.165, 1.54) is 42.5 Å². The lowest BCUT2D eigenvalue weighted by atomic mass is 10.0. The second-order valence-electron chi connectivity index (χ2n) is 8.71. The monoisotopic (exact) mass is 499 g/mol. The number of ether oxygens (including phenoxy) is 2. The number of amides is 2. The second kappa shape index (κ2) is 10.6. The number of ketones is 1. The molecule has 0 atom stereocenters. The van der Waals surface area contributed by atoms with Crippen molar-refractivity contribution >= 4 is 35.2 Å². The van der Waals surface area contributed by atoms with Crippen molar-refractivity contribution in [1.82, 2.24) is 0 Å². The highest BCUT2D eigenvalue weighted by atomic mass is 16.5. The van der Waals surface area contributed by atoms with E-state index in [1.54, 1.807) is 13.0 Å². The summed E-state index contributed by atoms with van der Waals surface area (Å²) in [5.74, 6) is -2.77. The van der Waals surface area contributed by atoms with Crippen LogP contribution >= 0.6 is 0 Å². The molecule has 0 aliphatic carbocycles. The van der Waals surface area contributed by atoms with E-state index in [4.69, 9.17) is 9.47 Å². The Labute approximate surface area is 213 Å². The van der Waals surface area contributed by atoms with Gasteiger partial charge in [0.15, 0.2) is 6.61 Å². The summed E-state index contributed by atoms with van der Waals surface area (Å²) in [5, 5.41) is 0. The Hall–Kier alpha value is -4.59. The van der Waals surface area contributed by atoms with E-state index in [0.29, 0.717) is 24.2 Å². The lowest BCUT2D eigenvalue weighted by Crippen LogP contribution is -2.29. The molecule has 3 aromatic rings. The van der Waals surface area contributed by atoms with Gasteiger partial charge in [-0.3, -0.25) is 14.4 Å². The molecule has 188 valence electrons. The Morgan fingerprint density at radius 2 is 1.41 bits per heavy atom. The van der Waals surface area contributed by atoms with Gasteiger partial charge in [0, 0.05) is 5.56 Å². The third-order valence-electron chi connectivity index (χ3n) is 5.95. The molecule has 4 rings (SSSR count). The lowest BCUT2D eigenvalue weighted by Gasteiger charge is -2.14. The first kappa shape index (κ1) is 25.5. The number of Topliss-reactive ketones (excluding diaryl/α,β-unsaturated/α-hetero) is 1. The quantitative estimate of drug-likeness (QED) is 0.251. The first-order chi connectivity index (χ1) is 17.7. The van der Waals surface area contributed by atoms with Gasteiger partial charge in [0.2, 0.25) is 5.78 Å². The molecule has 37 heavy (non-hydrogen) atoms. The molecule has 3 aromatic carbocycles. The first-order valence-corrected chi connectivity index (χ1v) is 11.8. The number of rotatable bonds is 8. The van der Waals surface area contributed by atoms with Crippen LogP contribution < -0.4 is 4.90 Å². The molecule has 1 heterocycles. The maximum atomic E-state index is 13.1. The summed E-state index contributed by atoms with van der Waals surface area (Å²) < 4.78 is 10.3. The van der Waals surface area contributed by atoms with Crippen LogP contribution in [0, 0.1) is 13.8 Å². The summed E-state index contributed by atoms with van der Waals surface area (Å²) in [5.41, 5.74) is 2.98. The number of nitrogens with zero attached hydrogens (tertiary/aromatic N) is 1. The van der Waals surface area contributed by atoms with E-state index in [9.17, 15) is 24.0 Å². The molecule has 8 heteroatoms. The van der Waals surface area contributed by atoms with Crippen LogP contribution in [0.15, 0.2) is 60.7 Å². The molecule has 0 fully saturated rings. The maximum Gasteiger partial charge on any atom is 0.338 e. The maximum absolute atomic E-state index is 13.1. The van der Waals surface area contributed by atoms with Crippen molar-refractivity contribution < 1.29 is 33.4 Å². The molecule has 0 saturated carbocycles. The highest BCUT2D eigenvalue weighted by Gasteiger charge is 2.37. The minimum Gasteiger partial charge on any atom is -0.462 e. The van der Waals surface area contributed by atoms with Crippen LogP contribution in [0.1, 0.15) is 76.3 Å². The van der Waals surface area contributed by atoms with E-state index < -0.39 is 30.4 Å². The van der Waals surface area contributed by atoms with Gasteiger partial charge in [-0.25, -0.2) is 14.5 Å². The molecule has 0 spiro atoms. The van der Waals surface area contributed by atoms with Gasteiger partial charge in [-0.05, 0) is 74.4 Å². The van der Waals surface area contributed by atoms with Crippen molar-refractivity contribution in [3.8, 4) is 0 Å². The van der Waals surface area contributed by atoms with E-state index in [-0.39, 0.29) is 28.2 Å². The summed E-state index contributed by atoms with van der Waals surface area (Å²) >= 11 is 0. The first-order valence-electron chi connectivity index (χ1n) is 11.8. The van der Waals surface area contributed by atoms with Crippen LogP contribution in [0.4, 0.5) is 5.69 Å². The van der Waals surface area contributed by atoms with Gasteiger partial charge in [-0.15, -0.1) is 0 Å². The van der Waals surface area contributed by atoms with Crippen LogP contribution in [0.3, 0.4) is 0 Å². The SMILES string of the molecule is CCCOC(=O)c1ccc(N2C(=O)c3ccc(C(=O)OCC(=O)c4cc(C)ccc4C)cc3C2=O)cc1. The average molecular weight is 500 g/mol. The van der Waals surface area contributed by atoms with Crippen LogP contribution in [-0.4, -0.2) is 42.7 Å². The zero-order valence-corrected chi connectivity index (χ0v) is 20.7. The van der Waals surface area contributed by atoms with E-state index >= 15 is 0 Å². The number of fused-ring (bicyclic) bond motifs is 1. The summed E-state index contributed by atoms with van der Waals surface area (Å²) in [6.45, 7) is 5.39. The Morgan fingerprint density at radius 3 is 2.11 bits per heavy atom. The molecule has 0 aromatic heterocycles. The standard InChI is InChI=1S/C29H25NO7/c1-4-13-36-28(34)19-7-10-21(11-8-19)30-26(32)22-12-9-20(15-24(22)27(30)33)29(35)37-16-25(31)23-14-17(2)5-6-18(23)3/h5-12,14-15H,4,13,16H2,1-3H3. The molecule has 0 bridgehead atoms. The van der Waals surface area contributed by atoms with Gasteiger partial charge in [-0.2, -0.15) is 0 Å². The van der Waals surface area contributed by atoms with Gasteiger partial charge in [-0.1, -0.05) is 24.6 Å².